The van der Waals surface area contributed by atoms with Crippen LogP contribution in [0.2, 0.25) is 0 Å². The second-order valence-electron chi connectivity index (χ2n) is 4.31. The highest BCUT2D eigenvalue weighted by molar-refractivity contribution is 5.84. The number of rotatable bonds is 3. The number of nitrogens with two attached hydrogens (primary N) is 1. The van der Waals surface area contributed by atoms with Crippen molar-refractivity contribution in [2.75, 3.05) is 0 Å². The van der Waals surface area contributed by atoms with Crippen LogP contribution >= 0.6 is 0 Å². The Hall–Kier alpha value is -1.45. The quantitative estimate of drug-likeness (QED) is 0.610. The fraction of sp³-hybridized carbons (Fsp3) is 0.308. The Labute approximate surface area is 95.7 Å². The molecule has 0 spiro atoms. The van der Waals surface area contributed by atoms with Gasteiger partial charge in [-0.3, -0.25) is 16.3 Å². The molecule has 0 fully saturated rings. The van der Waals surface area contributed by atoms with Crippen LogP contribution in [0.15, 0.2) is 36.5 Å². The number of nitrogens with one attached hydrogen (secondary N) is 1. The maximum absolute atomic E-state index is 5.61. The minimum absolute atomic E-state index is 0.0890. The van der Waals surface area contributed by atoms with Crippen molar-refractivity contribution in [3.05, 3.63) is 42.2 Å². The highest BCUT2D eigenvalue weighted by Gasteiger charge is 2.17. The van der Waals surface area contributed by atoms with E-state index < -0.39 is 0 Å². The molecule has 0 radical (unpaired) electrons. The fourth-order valence-corrected chi connectivity index (χ4v) is 1.98. The molecule has 1 unspecified atom stereocenters. The van der Waals surface area contributed by atoms with Crippen LogP contribution in [-0.4, -0.2) is 4.98 Å². The topological polar surface area (TPSA) is 50.9 Å². The van der Waals surface area contributed by atoms with E-state index in [1.165, 1.54) is 10.8 Å². The highest BCUT2D eigenvalue weighted by atomic mass is 15.2. The van der Waals surface area contributed by atoms with Gasteiger partial charge in [-0.1, -0.05) is 38.1 Å². The summed E-state index contributed by atoms with van der Waals surface area (Å²) in [6.07, 6.45) is 1.84. The smallest absolute Gasteiger partial charge is 0.0667 e. The van der Waals surface area contributed by atoms with Gasteiger partial charge in [0.1, 0.15) is 0 Å². The average Bonchev–Trinajstić information content (AvgIpc) is 2.30. The third-order valence-corrected chi connectivity index (χ3v) is 2.85. The Bertz CT molecular complexity index is 474. The third-order valence-electron chi connectivity index (χ3n) is 2.85. The molecule has 1 heterocycles. The van der Waals surface area contributed by atoms with Crippen LogP contribution in [-0.2, 0) is 0 Å². The zero-order valence-electron chi connectivity index (χ0n) is 9.64. The molecule has 0 aliphatic carbocycles. The summed E-state index contributed by atoms with van der Waals surface area (Å²) in [6.45, 7) is 4.27. The van der Waals surface area contributed by atoms with E-state index in [4.69, 9.17) is 5.84 Å². The van der Waals surface area contributed by atoms with Gasteiger partial charge in [0.25, 0.3) is 0 Å². The lowest BCUT2D eigenvalue weighted by atomic mass is 9.97. The molecular weight excluding hydrogens is 198 g/mol. The van der Waals surface area contributed by atoms with E-state index in [9.17, 15) is 0 Å². The second-order valence-corrected chi connectivity index (χ2v) is 4.31. The molecule has 0 bridgehead atoms. The fourth-order valence-electron chi connectivity index (χ4n) is 1.98. The van der Waals surface area contributed by atoms with Gasteiger partial charge in [0.15, 0.2) is 0 Å². The van der Waals surface area contributed by atoms with Gasteiger partial charge in [-0.15, -0.1) is 0 Å². The molecule has 84 valence electrons. The molecule has 3 N–H and O–H groups in total. The van der Waals surface area contributed by atoms with Crippen LogP contribution < -0.4 is 11.3 Å². The number of hydrogen-bond acceptors (Lipinski definition) is 3. The summed E-state index contributed by atoms with van der Waals surface area (Å²) in [6, 6.07) is 10.4. The predicted molar refractivity (Wildman–Crippen MR) is 66.6 cm³/mol. The Morgan fingerprint density at radius 1 is 1.19 bits per heavy atom. The van der Waals surface area contributed by atoms with E-state index in [-0.39, 0.29) is 6.04 Å². The molecule has 1 atom stereocenters. The summed E-state index contributed by atoms with van der Waals surface area (Å²) >= 11 is 0. The van der Waals surface area contributed by atoms with E-state index >= 15 is 0 Å². The first-order chi connectivity index (χ1) is 7.74. The van der Waals surface area contributed by atoms with Crippen molar-refractivity contribution in [3.8, 4) is 0 Å². The van der Waals surface area contributed by atoms with Crippen molar-refractivity contribution < 1.29 is 0 Å². The van der Waals surface area contributed by atoms with Crippen LogP contribution in [0.3, 0.4) is 0 Å². The van der Waals surface area contributed by atoms with Gasteiger partial charge in [0.2, 0.25) is 0 Å². The number of nitrogens with zero attached hydrogens (tertiary/aromatic N) is 1. The van der Waals surface area contributed by atoms with Crippen molar-refractivity contribution >= 4 is 10.8 Å². The molecule has 2 rings (SSSR count). The molecule has 0 saturated carbocycles. The van der Waals surface area contributed by atoms with Crippen LogP contribution in [0.5, 0.6) is 0 Å². The Morgan fingerprint density at radius 3 is 2.62 bits per heavy atom. The normalized spacial score (nSPS) is 13.2. The summed E-state index contributed by atoms with van der Waals surface area (Å²) < 4.78 is 0. The molecule has 1 aromatic carbocycles. The number of fused-ring (bicyclic) bond motifs is 1. The molecule has 3 nitrogen and oxygen atoms in total. The van der Waals surface area contributed by atoms with E-state index in [0.717, 1.165) is 5.69 Å². The number of aromatic nitrogens is 1. The van der Waals surface area contributed by atoms with Crippen LogP contribution in [0.1, 0.15) is 25.6 Å². The average molecular weight is 215 g/mol. The summed E-state index contributed by atoms with van der Waals surface area (Å²) in [7, 11) is 0. The first kappa shape index (κ1) is 11.0. The number of pyridine rings is 1. The van der Waals surface area contributed by atoms with Crippen LogP contribution in [0.4, 0.5) is 0 Å². The summed E-state index contributed by atoms with van der Waals surface area (Å²) in [5.41, 5.74) is 3.87. The lowest BCUT2D eigenvalue weighted by Crippen LogP contribution is -2.32. The molecule has 16 heavy (non-hydrogen) atoms. The molecule has 1 aromatic heterocycles. The van der Waals surface area contributed by atoms with Gasteiger partial charge in [0, 0.05) is 11.6 Å². The zero-order chi connectivity index (χ0) is 11.5. The monoisotopic (exact) mass is 215 g/mol. The number of hydrazine groups is 1. The molecule has 0 saturated heterocycles. The maximum atomic E-state index is 5.61. The molecule has 0 aliphatic rings. The standard InChI is InChI=1S/C13H17N3/c1-9(2)12(16-14)13-11-6-4-3-5-10(11)7-8-15-13/h3-9,12,16H,14H2,1-2H3. The predicted octanol–water partition coefficient (Wildman–Crippen LogP) is 2.40. The van der Waals surface area contributed by atoms with Crippen LogP contribution in [0.25, 0.3) is 10.8 Å². The van der Waals surface area contributed by atoms with E-state index in [0.29, 0.717) is 5.92 Å². The Kier molecular flexibility index (Phi) is 3.17. The molecule has 3 heteroatoms. The van der Waals surface area contributed by atoms with Crippen molar-refractivity contribution in [1.29, 1.82) is 0 Å². The lowest BCUT2D eigenvalue weighted by Gasteiger charge is -2.20. The SMILES string of the molecule is CC(C)C(NN)c1nccc2ccccc12. The highest BCUT2D eigenvalue weighted by Crippen LogP contribution is 2.26. The third kappa shape index (κ3) is 1.92. The minimum atomic E-state index is 0.0890. The van der Waals surface area contributed by atoms with Gasteiger partial charge < -0.3 is 0 Å². The van der Waals surface area contributed by atoms with E-state index in [1.54, 1.807) is 0 Å². The maximum Gasteiger partial charge on any atom is 0.0667 e. The first-order valence-corrected chi connectivity index (χ1v) is 5.54. The minimum Gasteiger partial charge on any atom is -0.271 e. The van der Waals surface area contributed by atoms with Gasteiger partial charge in [-0.2, -0.15) is 0 Å². The zero-order valence-corrected chi connectivity index (χ0v) is 9.64. The molecule has 2 aromatic rings. The van der Waals surface area contributed by atoms with Crippen molar-refractivity contribution in [3.63, 3.8) is 0 Å². The first-order valence-electron chi connectivity index (χ1n) is 5.54. The Balaban J connectivity index is 2.59. The lowest BCUT2D eigenvalue weighted by molar-refractivity contribution is 0.415. The summed E-state index contributed by atoms with van der Waals surface area (Å²) in [5.74, 6) is 6.01. The number of hydrogen-bond donors (Lipinski definition) is 2. The molecule has 0 aliphatic heterocycles. The van der Waals surface area contributed by atoms with Crippen molar-refractivity contribution in [2.24, 2.45) is 11.8 Å². The largest absolute Gasteiger partial charge is 0.271 e. The molecular formula is C13H17N3. The van der Waals surface area contributed by atoms with Gasteiger partial charge >= 0.3 is 0 Å². The number of benzene rings is 1. The van der Waals surface area contributed by atoms with Crippen LogP contribution in [0, 0.1) is 5.92 Å². The van der Waals surface area contributed by atoms with Crippen molar-refractivity contribution in [2.45, 2.75) is 19.9 Å². The summed E-state index contributed by atoms with van der Waals surface area (Å²) in [4.78, 5) is 4.46. The summed E-state index contributed by atoms with van der Waals surface area (Å²) in [5, 5.41) is 2.37. The van der Waals surface area contributed by atoms with Gasteiger partial charge in [-0.05, 0) is 17.4 Å². The van der Waals surface area contributed by atoms with Gasteiger partial charge in [0.05, 0.1) is 11.7 Å². The second kappa shape index (κ2) is 4.60. The van der Waals surface area contributed by atoms with E-state index in [1.807, 2.05) is 24.4 Å². The Morgan fingerprint density at radius 2 is 1.94 bits per heavy atom. The van der Waals surface area contributed by atoms with Gasteiger partial charge in [-0.25, -0.2) is 0 Å². The van der Waals surface area contributed by atoms with Crippen molar-refractivity contribution in [1.82, 2.24) is 10.4 Å². The molecule has 0 amide bonds. The van der Waals surface area contributed by atoms with E-state index in [2.05, 4.69) is 36.4 Å².